The van der Waals surface area contributed by atoms with Crippen molar-refractivity contribution in [3.05, 3.63) is 11.9 Å². The van der Waals surface area contributed by atoms with Crippen LogP contribution in [0, 0.1) is 0 Å². The fourth-order valence-corrected chi connectivity index (χ4v) is 2.47. The minimum Gasteiger partial charge on any atom is -0.376 e. The Morgan fingerprint density at radius 1 is 1.20 bits per heavy atom. The summed E-state index contributed by atoms with van der Waals surface area (Å²) in [6.07, 6.45) is 7.54. The van der Waals surface area contributed by atoms with Gasteiger partial charge >= 0.3 is 0 Å². The van der Waals surface area contributed by atoms with E-state index < -0.39 is 0 Å². The van der Waals surface area contributed by atoms with E-state index in [1.165, 1.54) is 12.8 Å². The van der Waals surface area contributed by atoms with Gasteiger partial charge in [0.1, 0.15) is 18.0 Å². The molecule has 0 bridgehead atoms. The Labute approximate surface area is 121 Å². The molecule has 0 saturated carbocycles. The first-order valence-electron chi connectivity index (χ1n) is 7.78. The highest BCUT2D eigenvalue weighted by Gasteiger charge is 2.15. The summed E-state index contributed by atoms with van der Waals surface area (Å²) in [7, 11) is 0. The van der Waals surface area contributed by atoms with Crippen LogP contribution in [-0.4, -0.2) is 35.8 Å². The summed E-state index contributed by atoms with van der Waals surface area (Å²) >= 11 is 0. The second kappa shape index (κ2) is 8.04. The van der Waals surface area contributed by atoms with Crippen LogP contribution >= 0.6 is 0 Å². The van der Waals surface area contributed by atoms with E-state index in [4.69, 9.17) is 4.74 Å². The number of hydrogen-bond donors (Lipinski definition) is 2. The zero-order valence-corrected chi connectivity index (χ0v) is 12.6. The minimum absolute atomic E-state index is 0.315. The fraction of sp³-hybridized carbons (Fsp3) is 0.733. The molecule has 1 atom stereocenters. The molecule has 112 valence electrons. The first kappa shape index (κ1) is 15.0. The van der Waals surface area contributed by atoms with Crippen LogP contribution in [0.4, 0.5) is 11.6 Å². The molecule has 20 heavy (non-hydrogen) atoms. The van der Waals surface area contributed by atoms with Gasteiger partial charge in [0.2, 0.25) is 0 Å². The van der Waals surface area contributed by atoms with Gasteiger partial charge in [0, 0.05) is 25.3 Å². The lowest BCUT2D eigenvalue weighted by Gasteiger charge is -2.23. The van der Waals surface area contributed by atoms with Gasteiger partial charge in [-0.25, -0.2) is 9.97 Å². The SMILES string of the molecule is CCCNc1ncnc(NCC2CCCCO2)c1CC. The largest absolute Gasteiger partial charge is 0.376 e. The predicted octanol–water partition coefficient (Wildman–Crippen LogP) is 2.84. The number of aromatic nitrogens is 2. The normalized spacial score (nSPS) is 18.8. The molecule has 0 aromatic carbocycles. The second-order valence-electron chi connectivity index (χ2n) is 5.20. The smallest absolute Gasteiger partial charge is 0.134 e. The van der Waals surface area contributed by atoms with Crippen molar-refractivity contribution >= 4 is 11.6 Å². The van der Waals surface area contributed by atoms with Crippen molar-refractivity contribution in [2.45, 2.75) is 52.1 Å². The molecule has 0 aliphatic carbocycles. The van der Waals surface area contributed by atoms with Crippen molar-refractivity contribution in [2.75, 3.05) is 30.3 Å². The van der Waals surface area contributed by atoms with E-state index in [0.29, 0.717) is 6.10 Å². The van der Waals surface area contributed by atoms with Crippen LogP contribution in [0.3, 0.4) is 0 Å². The average molecular weight is 278 g/mol. The molecule has 1 saturated heterocycles. The third kappa shape index (κ3) is 4.07. The zero-order chi connectivity index (χ0) is 14.2. The maximum atomic E-state index is 5.75. The standard InChI is InChI=1S/C15H26N4O/c1-3-8-16-14-13(4-2)15(19-11-18-14)17-10-12-7-5-6-9-20-12/h11-12H,3-10H2,1-2H3,(H2,16,17,18,19). The Balaban J connectivity index is 1.98. The van der Waals surface area contributed by atoms with Crippen LogP contribution in [0.2, 0.25) is 0 Å². The van der Waals surface area contributed by atoms with Crippen molar-refractivity contribution in [3.8, 4) is 0 Å². The first-order chi connectivity index (χ1) is 9.85. The molecule has 0 amide bonds. The quantitative estimate of drug-likeness (QED) is 0.803. The minimum atomic E-state index is 0.315. The zero-order valence-electron chi connectivity index (χ0n) is 12.6. The van der Waals surface area contributed by atoms with Crippen LogP contribution in [0.5, 0.6) is 0 Å². The van der Waals surface area contributed by atoms with E-state index in [1.54, 1.807) is 6.33 Å². The molecule has 1 unspecified atom stereocenters. The van der Waals surface area contributed by atoms with Gasteiger partial charge in [-0.15, -0.1) is 0 Å². The van der Waals surface area contributed by atoms with Crippen LogP contribution in [0.15, 0.2) is 6.33 Å². The van der Waals surface area contributed by atoms with Crippen LogP contribution in [0.1, 0.15) is 45.1 Å². The molecular formula is C15H26N4O. The number of rotatable bonds is 7. The van der Waals surface area contributed by atoms with Gasteiger partial charge < -0.3 is 15.4 Å². The van der Waals surface area contributed by atoms with Gasteiger partial charge in [-0.1, -0.05) is 13.8 Å². The Kier molecular flexibility index (Phi) is 6.05. The van der Waals surface area contributed by atoms with E-state index in [1.807, 2.05) is 0 Å². The van der Waals surface area contributed by atoms with Gasteiger partial charge in [-0.3, -0.25) is 0 Å². The van der Waals surface area contributed by atoms with Crippen molar-refractivity contribution in [1.82, 2.24) is 9.97 Å². The van der Waals surface area contributed by atoms with Crippen molar-refractivity contribution in [3.63, 3.8) is 0 Å². The summed E-state index contributed by atoms with van der Waals surface area (Å²) in [5.41, 5.74) is 1.16. The van der Waals surface area contributed by atoms with E-state index in [2.05, 4.69) is 34.4 Å². The summed E-state index contributed by atoms with van der Waals surface area (Å²) in [4.78, 5) is 8.73. The summed E-state index contributed by atoms with van der Waals surface area (Å²) < 4.78 is 5.75. The molecule has 1 aromatic heterocycles. The Morgan fingerprint density at radius 2 is 2.00 bits per heavy atom. The number of nitrogens with zero attached hydrogens (tertiary/aromatic N) is 2. The average Bonchev–Trinajstić information content (AvgIpc) is 2.51. The number of ether oxygens (including phenoxy) is 1. The molecule has 5 heteroatoms. The second-order valence-corrected chi connectivity index (χ2v) is 5.20. The third-order valence-electron chi connectivity index (χ3n) is 3.61. The summed E-state index contributed by atoms with van der Waals surface area (Å²) in [5, 5.41) is 6.80. The maximum Gasteiger partial charge on any atom is 0.134 e. The van der Waals surface area contributed by atoms with Crippen molar-refractivity contribution in [2.24, 2.45) is 0 Å². The van der Waals surface area contributed by atoms with Gasteiger partial charge in [0.25, 0.3) is 0 Å². The molecule has 1 aliphatic heterocycles. The maximum absolute atomic E-state index is 5.75. The van der Waals surface area contributed by atoms with Crippen LogP contribution in [0.25, 0.3) is 0 Å². The lowest BCUT2D eigenvalue weighted by Crippen LogP contribution is -2.27. The summed E-state index contributed by atoms with van der Waals surface area (Å²) in [6, 6.07) is 0. The highest BCUT2D eigenvalue weighted by atomic mass is 16.5. The Hall–Kier alpha value is -1.36. The van der Waals surface area contributed by atoms with Crippen molar-refractivity contribution in [1.29, 1.82) is 0 Å². The predicted molar refractivity (Wildman–Crippen MR) is 82.3 cm³/mol. The van der Waals surface area contributed by atoms with Crippen LogP contribution < -0.4 is 10.6 Å². The number of hydrogen-bond acceptors (Lipinski definition) is 5. The molecule has 2 N–H and O–H groups in total. The number of nitrogens with one attached hydrogen (secondary N) is 2. The molecule has 0 spiro atoms. The van der Waals surface area contributed by atoms with Crippen LogP contribution in [-0.2, 0) is 11.2 Å². The molecule has 2 rings (SSSR count). The van der Waals surface area contributed by atoms with E-state index in [0.717, 1.165) is 56.2 Å². The van der Waals surface area contributed by atoms with Gasteiger partial charge in [-0.2, -0.15) is 0 Å². The lowest BCUT2D eigenvalue weighted by molar-refractivity contribution is 0.0247. The molecule has 1 aliphatic rings. The number of anilines is 2. The fourth-order valence-electron chi connectivity index (χ4n) is 2.47. The highest BCUT2D eigenvalue weighted by Crippen LogP contribution is 2.21. The topological polar surface area (TPSA) is 59.1 Å². The van der Waals surface area contributed by atoms with E-state index in [9.17, 15) is 0 Å². The summed E-state index contributed by atoms with van der Waals surface area (Å²) in [5.74, 6) is 1.90. The van der Waals surface area contributed by atoms with E-state index >= 15 is 0 Å². The molecule has 0 radical (unpaired) electrons. The van der Waals surface area contributed by atoms with Gasteiger partial charge in [0.15, 0.2) is 0 Å². The van der Waals surface area contributed by atoms with Gasteiger partial charge in [0.05, 0.1) is 6.10 Å². The molecule has 5 nitrogen and oxygen atoms in total. The highest BCUT2D eigenvalue weighted by molar-refractivity contribution is 5.57. The summed E-state index contributed by atoms with van der Waals surface area (Å²) in [6.45, 7) is 6.95. The third-order valence-corrected chi connectivity index (χ3v) is 3.61. The Bertz CT molecular complexity index is 405. The molecular weight excluding hydrogens is 252 g/mol. The van der Waals surface area contributed by atoms with E-state index in [-0.39, 0.29) is 0 Å². The van der Waals surface area contributed by atoms with Gasteiger partial charge in [-0.05, 0) is 32.1 Å². The molecule has 1 aromatic rings. The lowest BCUT2D eigenvalue weighted by atomic mass is 10.1. The molecule has 1 fully saturated rings. The first-order valence-corrected chi connectivity index (χ1v) is 7.78. The Morgan fingerprint density at radius 3 is 2.65 bits per heavy atom. The molecule has 2 heterocycles. The van der Waals surface area contributed by atoms with Crippen molar-refractivity contribution < 1.29 is 4.74 Å². The monoisotopic (exact) mass is 278 g/mol.